The lowest BCUT2D eigenvalue weighted by atomic mass is 9.77. The molecule has 0 radical (unpaired) electrons. The monoisotopic (exact) mass is 769 g/mol. The first-order valence-corrected chi connectivity index (χ1v) is 19.6. The second kappa shape index (κ2) is 13.9. The Hall–Kier alpha value is -7.00. The lowest BCUT2D eigenvalue weighted by molar-refractivity contribution is 0.0220. The molecule has 0 bridgehead atoms. The number of ether oxygens (including phenoxy) is 3. The van der Waals surface area contributed by atoms with Crippen LogP contribution in [0, 0.1) is 0 Å². The standard InChI is InChI=1S/C49H43N3O6/c1-6-51(7-2)34-22-25-40(43(53)29-34)48(38-16-12-10-14-36(38)46(54)57-48)31-18-20-32(21-19-31)50(5)33-24-27-44-42(28-33)49(39-17-13-11-15-37(39)47(55)58-49)41-26-23-35(30-45(41)56-44)52(8-3)9-4/h8,10-30,53H,3,6-7,9H2,1-2,4-5H3. The Balaban J connectivity index is 1.13. The Bertz CT molecular complexity index is 2640. The van der Waals surface area contributed by atoms with Crippen LogP contribution in [0.5, 0.6) is 17.2 Å². The Morgan fingerprint density at radius 2 is 1.17 bits per heavy atom. The van der Waals surface area contributed by atoms with Crippen molar-refractivity contribution in [3.8, 4) is 17.2 Å². The van der Waals surface area contributed by atoms with Crippen molar-refractivity contribution in [3.63, 3.8) is 0 Å². The third kappa shape index (κ3) is 5.30. The molecule has 9 heteroatoms. The average Bonchev–Trinajstić information content (AvgIpc) is 3.72. The van der Waals surface area contributed by atoms with Crippen molar-refractivity contribution in [1.29, 1.82) is 0 Å². The van der Waals surface area contributed by atoms with Gasteiger partial charge >= 0.3 is 11.9 Å². The van der Waals surface area contributed by atoms with Crippen molar-refractivity contribution in [3.05, 3.63) is 185 Å². The molecule has 0 aliphatic carbocycles. The number of carbonyl (C=O) groups excluding carboxylic acids is 2. The zero-order valence-corrected chi connectivity index (χ0v) is 32.9. The molecule has 9 nitrogen and oxygen atoms in total. The van der Waals surface area contributed by atoms with E-state index in [-0.39, 0.29) is 5.75 Å². The number of esters is 2. The van der Waals surface area contributed by atoms with Gasteiger partial charge in [-0.2, -0.15) is 0 Å². The Labute approximate surface area is 337 Å². The molecular formula is C49H43N3O6. The second-order valence-electron chi connectivity index (χ2n) is 14.6. The van der Waals surface area contributed by atoms with Gasteiger partial charge in [0, 0.05) is 94.9 Å². The lowest BCUT2D eigenvalue weighted by Gasteiger charge is -2.37. The van der Waals surface area contributed by atoms with Crippen LogP contribution in [0.25, 0.3) is 0 Å². The van der Waals surface area contributed by atoms with Crippen LogP contribution in [0.3, 0.4) is 0 Å². The molecule has 2 atom stereocenters. The minimum absolute atomic E-state index is 0.0377. The molecule has 2 unspecified atom stereocenters. The molecule has 9 rings (SSSR count). The Morgan fingerprint density at radius 3 is 1.81 bits per heavy atom. The first-order valence-electron chi connectivity index (χ1n) is 19.6. The summed E-state index contributed by atoms with van der Waals surface area (Å²) in [5, 5.41) is 11.6. The van der Waals surface area contributed by atoms with Crippen LogP contribution < -0.4 is 19.4 Å². The first kappa shape index (κ1) is 36.6. The Kier molecular flexibility index (Phi) is 8.77. The number of cyclic esters (lactones) is 1. The van der Waals surface area contributed by atoms with Crippen molar-refractivity contribution < 1.29 is 28.9 Å². The van der Waals surface area contributed by atoms with E-state index in [4.69, 9.17) is 14.2 Å². The number of anilines is 4. The van der Waals surface area contributed by atoms with Gasteiger partial charge < -0.3 is 34.0 Å². The summed E-state index contributed by atoms with van der Waals surface area (Å²) >= 11 is 0. The molecule has 0 fully saturated rings. The summed E-state index contributed by atoms with van der Waals surface area (Å²) in [6, 6.07) is 40.1. The number of carbonyl (C=O) groups is 2. The van der Waals surface area contributed by atoms with E-state index in [2.05, 4.69) is 32.3 Å². The number of rotatable bonds is 10. The zero-order chi connectivity index (χ0) is 40.3. The van der Waals surface area contributed by atoms with Gasteiger partial charge in [-0.3, -0.25) is 0 Å². The second-order valence-corrected chi connectivity index (χ2v) is 14.6. The number of hydrogen-bond acceptors (Lipinski definition) is 9. The van der Waals surface area contributed by atoms with Gasteiger partial charge in [-0.25, -0.2) is 9.59 Å². The Morgan fingerprint density at radius 1 is 0.586 bits per heavy atom. The summed E-state index contributed by atoms with van der Waals surface area (Å²) in [5.74, 6) is 0.369. The normalized spacial score (nSPS) is 18.3. The lowest BCUT2D eigenvalue weighted by Crippen LogP contribution is -2.33. The van der Waals surface area contributed by atoms with E-state index >= 15 is 0 Å². The number of benzene rings is 6. The highest BCUT2D eigenvalue weighted by Gasteiger charge is 2.54. The third-order valence-corrected chi connectivity index (χ3v) is 11.9. The summed E-state index contributed by atoms with van der Waals surface area (Å²) in [5.41, 5.74) is 5.85. The maximum Gasteiger partial charge on any atom is 0.340 e. The van der Waals surface area contributed by atoms with Gasteiger partial charge in [0.25, 0.3) is 0 Å². The zero-order valence-electron chi connectivity index (χ0n) is 32.9. The largest absolute Gasteiger partial charge is 0.507 e. The van der Waals surface area contributed by atoms with E-state index in [1.807, 2.05) is 126 Å². The van der Waals surface area contributed by atoms with E-state index in [1.165, 1.54) is 0 Å². The predicted octanol–water partition coefficient (Wildman–Crippen LogP) is 10.0. The molecule has 0 amide bonds. The fraction of sp³-hybridized carbons (Fsp3) is 0.184. The average molecular weight is 770 g/mol. The molecular weight excluding hydrogens is 727 g/mol. The van der Waals surface area contributed by atoms with Crippen molar-refractivity contribution in [1.82, 2.24) is 0 Å². The van der Waals surface area contributed by atoms with Crippen LogP contribution in [-0.2, 0) is 20.7 Å². The molecule has 58 heavy (non-hydrogen) atoms. The van der Waals surface area contributed by atoms with E-state index in [0.29, 0.717) is 44.9 Å². The number of nitrogens with zero attached hydrogens (tertiary/aromatic N) is 3. The summed E-state index contributed by atoms with van der Waals surface area (Å²) < 4.78 is 19.4. The van der Waals surface area contributed by atoms with Crippen molar-refractivity contribution >= 4 is 34.7 Å². The van der Waals surface area contributed by atoms with Crippen LogP contribution in [0.4, 0.5) is 22.7 Å². The molecule has 0 saturated heterocycles. The topological polar surface area (TPSA) is 91.8 Å². The van der Waals surface area contributed by atoms with Crippen LogP contribution in [0.1, 0.15) is 74.9 Å². The maximum absolute atomic E-state index is 13.6. The molecule has 0 aromatic heterocycles. The van der Waals surface area contributed by atoms with E-state index in [9.17, 15) is 14.7 Å². The number of phenolic OH excluding ortho intramolecular Hbond substituents is 1. The maximum atomic E-state index is 13.6. The van der Waals surface area contributed by atoms with Gasteiger partial charge in [0.1, 0.15) is 17.2 Å². The molecule has 0 saturated carbocycles. The highest BCUT2D eigenvalue weighted by Crippen LogP contribution is 2.57. The first-order chi connectivity index (χ1) is 28.2. The summed E-state index contributed by atoms with van der Waals surface area (Å²) in [6.07, 6.45) is 1.78. The van der Waals surface area contributed by atoms with Gasteiger partial charge in [0.05, 0.1) is 11.1 Å². The molecule has 3 aliphatic rings. The highest BCUT2D eigenvalue weighted by molar-refractivity contribution is 5.98. The minimum atomic E-state index is -1.38. The smallest absolute Gasteiger partial charge is 0.340 e. The molecule has 290 valence electrons. The van der Waals surface area contributed by atoms with E-state index in [0.717, 1.165) is 53.5 Å². The predicted molar refractivity (Wildman–Crippen MR) is 226 cm³/mol. The van der Waals surface area contributed by atoms with Crippen molar-refractivity contribution in [2.75, 3.05) is 41.4 Å². The summed E-state index contributed by atoms with van der Waals surface area (Å²) in [7, 11) is 1.97. The molecule has 1 spiro atoms. The quantitative estimate of drug-likeness (QED) is 0.137. The fourth-order valence-corrected chi connectivity index (χ4v) is 8.91. The summed E-state index contributed by atoms with van der Waals surface area (Å²) in [6.45, 7) is 12.5. The molecule has 1 N–H and O–H groups in total. The van der Waals surface area contributed by atoms with Crippen LogP contribution in [0.2, 0.25) is 0 Å². The molecule has 6 aromatic carbocycles. The van der Waals surface area contributed by atoms with Crippen molar-refractivity contribution in [2.45, 2.75) is 32.0 Å². The molecule has 3 heterocycles. The fourth-order valence-electron chi connectivity index (χ4n) is 8.91. The van der Waals surface area contributed by atoms with Crippen molar-refractivity contribution in [2.24, 2.45) is 0 Å². The highest BCUT2D eigenvalue weighted by atomic mass is 16.6. The molecule has 3 aliphatic heterocycles. The number of phenols is 1. The van der Waals surface area contributed by atoms with Crippen LogP contribution in [-0.4, -0.2) is 43.7 Å². The van der Waals surface area contributed by atoms with Gasteiger partial charge in [-0.1, -0.05) is 55.1 Å². The van der Waals surface area contributed by atoms with Gasteiger partial charge in [-0.05, 0) is 93.7 Å². The number of fused-ring (bicyclic) bond motifs is 7. The van der Waals surface area contributed by atoms with Crippen LogP contribution in [0.15, 0.2) is 140 Å². The number of aromatic hydroxyl groups is 1. The number of hydrogen-bond donors (Lipinski definition) is 1. The van der Waals surface area contributed by atoms with Gasteiger partial charge in [0.15, 0.2) is 11.2 Å². The van der Waals surface area contributed by atoms with E-state index < -0.39 is 23.1 Å². The molecule has 6 aromatic rings. The summed E-state index contributed by atoms with van der Waals surface area (Å²) in [4.78, 5) is 33.3. The van der Waals surface area contributed by atoms with Crippen LogP contribution >= 0.6 is 0 Å². The minimum Gasteiger partial charge on any atom is -0.507 e. The third-order valence-electron chi connectivity index (χ3n) is 11.9. The van der Waals surface area contributed by atoms with Gasteiger partial charge in [0.2, 0.25) is 0 Å². The van der Waals surface area contributed by atoms with E-state index in [1.54, 1.807) is 24.4 Å². The van der Waals surface area contributed by atoms with Gasteiger partial charge in [-0.15, -0.1) is 0 Å². The SMILES string of the molecule is C=CN(CC)c1ccc2c(c1)Oc1ccc(N(C)c3ccc(C4(c5ccc(N(CC)CC)cc5O)OC(=O)c5ccccc54)cc3)cc1C21OC(=O)c2ccccc21.